The number of carbonyl (C=O) groups is 2. The van der Waals surface area contributed by atoms with E-state index in [1.54, 1.807) is 24.3 Å². The van der Waals surface area contributed by atoms with Crippen LogP contribution in [0, 0.1) is 11.7 Å². The highest BCUT2D eigenvalue weighted by Crippen LogP contribution is 2.29. The SMILES string of the molecule is COC(=O)C1CCC(Nc2ncc(F)c(-c3cccc(N4CCOC4=O)c3)n2)CC1. The largest absolute Gasteiger partial charge is 0.469 e. The van der Waals surface area contributed by atoms with Gasteiger partial charge in [0.15, 0.2) is 5.82 Å². The average Bonchev–Trinajstić information content (AvgIpc) is 3.21. The lowest BCUT2D eigenvalue weighted by molar-refractivity contribution is -0.146. The monoisotopic (exact) mass is 414 g/mol. The highest BCUT2D eigenvalue weighted by Gasteiger charge is 2.27. The van der Waals surface area contributed by atoms with Gasteiger partial charge in [-0.1, -0.05) is 12.1 Å². The minimum absolute atomic E-state index is 0.0715. The van der Waals surface area contributed by atoms with Crippen molar-refractivity contribution in [3.63, 3.8) is 0 Å². The molecule has 1 N–H and O–H groups in total. The summed E-state index contributed by atoms with van der Waals surface area (Å²) in [6, 6.07) is 7.08. The van der Waals surface area contributed by atoms with E-state index < -0.39 is 11.9 Å². The molecule has 1 aromatic carbocycles. The third-order valence-electron chi connectivity index (χ3n) is 5.53. The van der Waals surface area contributed by atoms with Crippen molar-refractivity contribution in [3.8, 4) is 11.3 Å². The van der Waals surface area contributed by atoms with Gasteiger partial charge in [-0.3, -0.25) is 9.69 Å². The van der Waals surface area contributed by atoms with Gasteiger partial charge in [0.25, 0.3) is 0 Å². The zero-order valence-corrected chi connectivity index (χ0v) is 16.6. The number of nitrogens with zero attached hydrogens (tertiary/aromatic N) is 3. The van der Waals surface area contributed by atoms with E-state index in [1.165, 1.54) is 12.0 Å². The Labute approximate surface area is 173 Å². The van der Waals surface area contributed by atoms with Crippen LogP contribution in [0.4, 0.5) is 20.8 Å². The summed E-state index contributed by atoms with van der Waals surface area (Å²) in [6.07, 6.45) is 3.74. The Morgan fingerprint density at radius 2 is 2.10 bits per heavy atom. The van der Waals surface area contributed by atoms with Gasteiger partial charge in [-0.05, 0) is 37.8 Å². The molecule has 30 heavy (non-hydrogen) atoms. The van der Waals surface area contributed by atoms with E-state index in [0.29, 0.717) is 30.4 Å². The van der Waals surface area contributed by atoms with Gasteiger partial charge in [0.2, 0.25) is 5.95 Å². The first kappa shape index (κ1) is 20.1. The Morgan fingerprint density at radius 3 is 2.80 bits per heavy atom. The molecule has 1 aromatic heterocycles. The number of anilines is 2. The first-order valence-electron chi connectivity index (χ1n) is 9.97. The molecule has 158 valence electrons. The molecule has 4 rings (SSSR count). The molecule has 2 aliphatic rings. The van der Waals surface area contributed by atoms with Gasteiger partial charge in [0, 0.05) is 17.3 Å². The van der Waals surface area contributed by atoms with E-state index in [2.05, 4.69) is 15.3 Å². The lowest BCUT2D eigenvalue weighted by Crippen LogP contribution is -2.30. The fraction of sp³-hybridized carbons (Fsp3) is 0.429. The second-order valence-electron chi connectivity index (χ2n) is 7.42. The molecule has 0 radical (unpaired) electrons. The summed E-state index contributed by atoms with van der Waals surface area (Å²) in [5.74, 6) is -0.455. The summed E-state index contributed by atoms with van der Waals surface area (Å²) < 4.78 is 24.3. The van der Waals surface area contributed by atoms with E-state index in [1.807, 2.05) is 0 Å². The molecule has 1 saturated heterocycles. The Kier molecular flexibility index (Phi) is 5.78. The van der Waals surface area contributed by atoms with Crippen LogP contribution in [-0.2, 0) is 14.3 Å². The molecule has 0 bridgehead atoms. The number of rotatable bonds is 5. The molecule has 1 aliphatic carbocycles. The Hall–Kier alpha value is -3.23. The van der Waals surface area contributed by atoms with Gasteiger partial charge in [-0.2, -0.15) is 0 Å². The number of aromatic nitrogens is 2. The van der Waals surface area contributed by atoms with Crippen molar-refractivity contribution >= 4 is 23.7 Å². The number of hydrogen-bond donors (Lipinski definition) is 1. The van der Waals surface area contributed by atoms with Crippen LogP contribution in [-0.4, -0.2) is 48.3 Å². The van der Waals surface area contributed by atoms with Crippen LogP contribution in [0.3, 0.4) is 0 Å². The van der Waals surface area contributed by atoms with E-state index in [0.717, 1.165) is 31.9 Å². The molecule has 0 spiro atoms. The lowest BCUT2D eigenvalue weighted by Gasteiger charge is -2.27. The second kappa shape index (κ2) is 8.64. The molecule has 2 aromatic rings. The predicted molar refractivity (Wildman–Crippen MR) is 108 cm³/mol. The Bertz CT molecular complexity index is 946. The standard InChI is InChI=1S/C21H23FN4O4/c1-29-19(27)13-5-7-15(8-6-13)24-20-23-12-17(22)18(25-20)14-3-2-4-16(11-14)26-9-10-30-21(26)28/h2-4,11-13,15H,5-10H2,1H3,(H,23,24,25). The van der Waals surface area contributed by atoms with Crippen LogP contribution in [0.5, 0.6) is 0 Å². The van der Waals surface area contributed by atoms with Gasteiger partial charge in [-0.25, -0.2) is 19.2 Å². The number of esters is 1. The van der Waals surface area contributed by atoms with Gasteiger partial charge in [0.05, 0.1) is 25.8 Å². The molecule has 2 fully saturated rings. The molecule has 9 heteroatoms. The molecule has 8 nitrogen and oxygen atoms in total. The topological polar surface area (TPSA) is 93.6 Å². The molecule has 1 saturated carbocycles. The van der Waals surface area contributed by atoms with Crippen molar-refractivity contribution < 1.29 is 23.5 Å². The normalized spacial score (nSPS) is 21.3. The van der Waals surface area contributed by atoms with Crippen molar-refractivity contribution in [2.45, 2.75) is 31.7 Å². The maximum Gasteiger partial charge on any atom is 0.414 e. The fourth-order valence-corrected chi connectivity index (χ4v) is 3.91. The fourth-order valence-electron chi connectivity index (χ4n) is 3.91. The molecule has 0 atom stereocenters. The van der Waals surface area contributed by atoms with Crippen molar-refractivity contribution in [3.05, 3.63) is 36.3 Å². The van der Waals surface area contributed by atoms with E-state index >= 15 is 0 Å². The number of halogens is 1. The van der Waals surface area contributed by atoms with Crippen LogP contribution < -0.4 is 10.2 Å². The summed E-state index contributed by atoms with van der Waals surface area (Å²) >= 11 is 0. The third kappa shape index (κ3) is 4.19. The lowest BCUT2D eigenvalue weighted by atomic mass is 9.86. The van der Waals surface area contributed by atoms with Crippen LogP contribution in [0.2, 0.25) is 0 Å². The maximum absolute atomic E-state index is 14.5. The number of carbonyl (C=O) groups excluding carboxylic acids is 2. The minimum Gasteiger partial charge on any atom is -0.469 e. The molecule has 2 heterocycles. The van der Waals surface area contributed by atoms with Gasteiger partial charge >= 0.3 is 12.1 Å². The molecular weight excluding hydrogens is 391 g/mol. The van der Waals surface area contributed by atoms with Crippen molar-refractivity contribution in [1.29, 1.82) is 0 Å². The predicted octanol–water partition coefficient (Wildman–Crippen LogP) is 3.38. The maximum atomic E-state index is 14.5. The third-order valence-corrected chi connectivity index (χ3v) is 5.53. The molecule has 0 unspecified atom stereocenters. The van der Waals surface area contributed by atoms with Crippen LogP contribution in [0.15, 0.2) is 30.5 Å². The Morgan fingerprint density at radius 1 is 1.30 bits per heavy atom. The molecule has 1 amide bonds. The quantitative estimate of drug-likeness (QED) is 0.750. The summed E-state index contributed by atoms with van der Waals surface area (Å²) in [7, 11) is 1.40. The average molecular weight is 414 g/mol. The number of methoxy groups -OCH3 is 1. The van der Waals surface area contributed by atoms with Crippen LogP contribution in [0.1, 0.15) is 25.7 Å². The number of hydrogen-bond acceptors (Lipinski definition) is 7. The summed E-state index contributed by atoms with van der Waals surface area (Å²) in [5.41, 5.74) is 1.33. The van der Waals surface area contributed by atoms with Crippen LogP contribution >= 0.6 is 0 Å². The minimum atomic E-state index is -0.545. The van der Waals surface area contributed by atoms with E-state index in [4.69, 9.17) is 9.47 Å². The van der Waals surface area contributed by atoms with Crippen molar-refractivity contribution in [2.75, 3.05) is 30.5 Å². The van der Waals surface area contributed by atoms with Crippen LogP contribution in [0.25, 0.3) is 11.3 Å². The highest BCUT2D eigenvalue weighted by molar-refractivity contribution is 5.90. The Balaban J connectivity index is 1.49. The highest BCUT2D eigenvalue weighted by atomic mass is 19.1. The second-order valence-corrected chi connectivity index (χ2v) is 7.42. The van der Waals surface area contributed by atoms with Gasteiger partial charge in [0.1, 0.15) is 12.3 Å². The van der Waals surface area contributed by atoms with E-state index in [9.17, 15) is 14.0 Å². The van der Waals surface area contributed by atoms with Crippen molar-refractivity contribution in [1.82, 2.24) is 9.97 Å². The van der Waals surface area contributed by atoms with Crippen molar-refractivity contribution in [2.24, 2.45) is 5.92 Å². The number of benzene rings is 1. The zero-order valence-electron chi connectivity index (χ0n) is 16.6. The number of amides is 1. The molecule has 1 aliphatic heterocycles. The first-order valence-corrected chi connectivity index (χ1v) is 9.97. The number of nitrogens with one attached hydrogen (secondary N) is 1. The van der Waals surface area contributed by atoms with Gasteiger partial charge in [-0.15, -0.1) is 0 Å². The zero-order chi connectivity index (χ0) is 21.1. The number of ether oxygens (including phenoxy) is 2. The first-order chi connectivity index (χ1) is 14.5. The van der Waals surface area contributed by atoms with E-state index in [-0.39, 0.29) is 23.6 Å². The smallest absolute Gasteiger partial charge is 0.414 e. The number of cyclic esters (lactones) is 1. The van der Waals surface area contributed by atoms with Gasteiger partial charge < -0.3 is 14.8 Å². The summed E-state index contributed by atoms with van der Waals surface area (Å²) in [5, 5.41) is 3.25. The summed E-state index contributed by atoms with van der Waals surface area (Å²) in [4.78, 5) is 33.4. The summed E-state index contributed by atoms with van der Waals surface area (Å²) in [6.45, 7) is 0.785. The molecular formula is C21H23FN4O4.